The molecule has 21 heavy (non-hydrogen) atoms. The Hall–Kier alpha value is -1.26. The van der Waals surface area contributed by atoms with Crippen LogP contribution in [0, 0.1) is 0 Å². The smallest absolute Gasteiger partial charge is 0.127 e. The van der Waals surface area contributed by atoms with Crippen molar-refractivity contribution < 1.29 is 9.47 Å². The van der Waals surface area contributed by atoms with E-state index in [4.69, 9.17) is 15.2 Å². The van der Waals surface area contributed by atoms with Crippen molar-refractivity contribution in [2.45, 2.75) is 51.2 Å². The molecule has 0 radical (unpaired) electrons. The minimum absolute atomic E-state index is 0.136. The van der Waals surface area contributed by atoms with E-state index in [1.807, 2.05) is 12.1 Å². The summed E-state index contributed by atoms with van der Waals surface area (Å²) < 4.78 is 10.9. The Balaban J connectivity index is 2.43. The molecular weight excluding hydrogens is 264 g/mol. The van der Waals surface area contributed by atoms with Gasteiger partial charge in [-0.05, 0) is 39.3 Å². The minimum atomic E-state index is 0.136. The molecule has 4 heteroatoms. The predicted octanol–water partition coefficient (Wildman–Crippen LogP) is 2.97. The first kappa shape index (κ1) is 16.1. The van der Waals surface area contributed by atoms with Crippen molar-refractivity contribution in [3.8, 4) is 11.5 Å². The lowest BCUT2D eigenvalue weighted by molar-refractivity contribution is 0.141. The Bertz CT molecular complexity index is 462. The van der Waals surface area contributed by atoms with E-state index >= 15 is 0 Å². The first-order valence-corrected chi connectivity index (χ1v) is 7.81. The van der Waals surface area contributed by atoms with Crippen LogP contribution in [0.4, 0.5) is 0 Å². The summed E-state index contributed by atoms with van der Waals surface area (Å²) in [7, 11) is 3.38. The molecule has 1 saturated heterocycles. The highest BCUT2D eigenvalue weighted by Crippen LogP contribution is 2.37. The molecule has 0 spiro atoms. The van der Waals surface area contributed by atoms with Crippen molar-refractivity contribution in [1.29, 1.82) is 0 Å². The van der Waals surface area contributed by atoms with Crippen LogP contribution in [0.1, 0.15) is 44.7 Å². The SMILES string of the molecule is COc1ccc(C2C(N)CCCCN2C(C)C)c(OC)c1. The summed E-state index contributed by atoms with van der Waals surface area (Å²) in [6.07, 6.45) is 3.46. The number of benzene rings is 1. The lowest BCUT2D eigenvalue weighted by Crippen LogP contribution is -2.43. The maximum Gasteiger partial charge on any atom is 0.127 e. The lowest BCUT2D eigenvalue weighted by atomic mass is 9.94. The average Bonchev–Trinajstić information content (AvgIpc) is 2.68. The molecular formula is C17H28N2O2. The standard InChI is InChI=1S/C17H28N2O2/c1-12(2)19-10-6-5-7-15(18)17(19)14-9-8-13(20-3)11-16(14)21-4/h8-9,11-12,15,17H,5-7,10,18H2,1-4H3. The number of nitrogens with zero attached hydrogens (tertiary/aromatic N) is 1. The van der Waals surface area contributed by atoms with E-state index in [0.29, 0.717) is 6.04 Å². The van der Waals surface area contributed by atoms with E-state index in [9.17, 15) is 0 Å². The number of ether oxygens (including phenoxy) is 2. The van der Waals surface area contributed by atoms with E-state index in [1.165, 1.54) is 18.4 Å². The van der Waals surface area contributed by atoms with Gasteiger partial charge in [-0.1, -0.05) is 12.5 Å². The van der Waals surface area contributed by atoms with Gasteiger partial charge < -0.3 is 15.2 Å². The molecule has 1 heterocycles. The van der Waals surface area contributed by atoms with Crippen LogP contribution < -0.4 is 15.2 Å². The first-order chi connectivity index (χ1) is 10.1. The molecule has 1 fully saturated rings. The highest BCUT2D eigenvalue weighted by atomic mass is 16.5. The van der Waals surface area contributed by atoms with Gasteiger partial charge in [0.25, 0.3) is 0 Å². The Morgan fingerprint density at radius 2 is 1.95 bits per heavy atom. The molecule has 0 aromatic heterocycles. The Morgan fingerprint density at radius 3 is 2.57 bits per heavy atom. The number of methoxy groups -OCH3 is 2. The van der Waals surface area contributed by atoms with E-state index in [2.05, 4.69) is 24.8 Å². The number of likely N-dealkylation sites (tertiary alicyclic amines) is 1. The molecule has 1 aromatic rings. The van der Waals surface area contributed by atoms with Crippen LogP contribution in [0.25, 0.3) is 0 Å². The average molecular weight is 292 g/mol. The van der Waals surface area contributed by atoms with E-state index in [1.54, 1.807) is 14.2 Å². The van der Waals surface area contributed by atoms with E-state index in [0.717, 1.165) is 24.5 Å². The van der Waals surface area contributed by atoms with Gasteiger partial charge >= 0.3 is 0 Å². The second-order valence-electron chi connectivity index (χ2n) is 6.04. The van der Waals surface area contributed by atoms with Crippen molar-refractivity contribution in [2.24, 2.45) is 5.73 Å². The molecule has 0 aliphatic carbocycles. The largest absolute Gasteiger partial charge is 0.497 e. The fourth-order valence-electron chi connectivity index (χ4n) is 3.27. The zero-order chi connectivity index (χ0) is 15.4. The monoisotopic (exact) mass is 292 g/mol. The van der Waals surface area contributed by atoms with Crippen molar-refractivity contribution in [2.75, 3.05) is 20.8 Å². The lowest BCUT2D eigenvalue weighted by Gasteiger charge is -2.37. The summed E-state index contributed by atoms with van der Waals surface area (Å²) in [5.41, 5.74) is 7.67. The van der Waals surface area contributed by atoms with Gasteiger partial charge in [-0.25, -0.2) is 0 Å². The fraction of sp³-hybridized carbons (Fsp3) is 0.647. The molecule has 1 aliphatic rings. The summed E-state index contributed by atoms with van der Waals surface area (Å²) in [4.78, 5) is 2.50. The molecule has 2 N–H and O–H groups in total. The number of hydrogen-bond donors (Lipinski definition) is 1. The van der Waals surface area contributed by atoms with Gasteiger partial charge in [0.1, 0.15) is 11.5 Å². The maximum atomic E-state index is 6.50. The van der Waals surface area contributed by atoms with Crippen LogP contribution in [0.3, 0.4) is 0 Å². The van der Waals surface area contributed by atoms with Crippen LogP contribution in [0.2, 0.25) is 0 Å². The molecule has 1 aromatic carbocycles. The van der Waals surface area contributed by atoms with Gasteiger partial charge in [-0.15, -0.1) is 0 Å². The second kappa shape index (κ2) is 7.14. The zero-order valence-corrected chi connectivity index (χ0v) is 13.6. The van der Waals surface area contributed by atoms with Crippen LogP contribution in [0.15, 0.2) is 18.2 Å². The quantitative estimate of drug-likeness (QED) is 0.927. The van der Waals surface area contributed by atoms with Gasteiger partial charge in [0, 0.05) is 23.7 Å². The highest BCUT2D eigenvalue weighted by molar-refractivity contribution is 5.43. The summed E-state index contributed by atoms with van der Waals surface area (Å²) in [6.45, 7) is 5.56. The van der Waals surface area contributed by atoms with Crippen molar-refractivity contribution in [3.05, 3.63) is 23.8 Å². The number of rotatable bonds is 4. The topological polar surface area (TPSA) is 47.7 Å². The van der Waals surface area contributed by atoms with Gasteiger partial charge in [-0.3, -0.25) is 4.90 Å². The molecule has 0 bridgehead atoms. The highest BCUT2D eigenvalue weighted by Gasteiger charge is 2.32. The van der Waals surface area contributed by atoms with Crippen LogP contribution in [0.5, 0.6) is 11.5 Å². The molecule has 4 nitrogen and oxygen atoms in total. The van der Waals surface area contributed by atoms with Crippen molar-refractivity contribution in [3.63, 3.8) is 0 Å². The van der Waals surface area contributed by atoms with Crippen LogP contribution in [-0.2, 0) is 0 Å². The molecule has 0 amide bonds. The van der Waals surface area contributed by atoms with Gasteiger partial charge in [0.05, 0.1) is 20.3 Å². The van der Waals surface area contributed by atoms with E-state index < -0.39 is 0 Å². The number of nitrogens with two attached hydrogens (primary N) is 1. The van der Waals surface area contributed by atoms with Crippen LogP contribution >= 0.6 is 0 Å². The molecule has 1 aliphatic heterocycles. The third-order valence-electron chi connectivity index (χ3n) is 4.39. The number of hydrogen-bond acceptors (Lipinski definition) is 4. The molecule has 2 rings (SSSR count). The summed E-state index contributed by atoms with van der Waals surface area (Å²) in [5.74, 6) is 1.68. The Kier molecular flexibility index (Phi) is 5.48. The van der Waals surface area contributed by atoms with Crippen molar-refractivity contribution in [1.82, 2.24) is 4.90 Å². The summed E-state index contributed by atoms with van der Waals surface area (Å²) in [5, 5.41) is 0. The van der Waals surface area contributed by atoms with Crippen LogP contribution in [-0.4, -0.2) is 37.7 Å². The summed E-state index contributed by atoms with van der Waals surface area (Å²) in [6, 6.07) is 6.85. The molecule has 2 unspecified atom stereocenters. The molecule has 0 saturated carbocycles. The second-order valence-corrected chi connectivity index (χ2v) is 6.04. The maximum absolute atomic E-state index is 6.50. The normalized spacial score (nSPS) is 23.9. The van der Waals surface area contributed by atoms with Gasteiger partial charge in [-0.2, -0.15) is 0 Å². The molecule has 118 valence electrons. The zero-order valence-electron chi connectivity index (χ0n) is 13.6. The molecule has 2 atom stereocenters. The third-order valence-corrected chi connectivity index (χ3v) is 4.39. The third kappa shape index (κ3) is 3.50. The van der Waals surface area contributed by atoms with Gasteiger partial charge in [0.15, 0.2) is 0 Å². The Morgan fingerprint density at radius 1 is 1.19 bits per heavy atom. The van der Waals surface area contributed by atoms with E-state index in [-0.39, 0.29) is 12.1 Å². The fourth-order valence-corrected chi connectivity index (χ4v) is 3.27. The minimum Gasteiger partial charge on any atom is -0.497 e. The van der Waals surface area contributed by atoms with Crippen molar-refractivity contribution >= 4 is 0 Å². The van der Waals surface area contributed by atoms with Gasteiger partial charge in [0.2, 0.25) is 0 Å². The Labute approximate surface area is 128 Å². The first-order valence-electron chi connectivity index (χ1n) is 7.81. The summed E-state index contributed by atoms with van der Waals surface area (Å²) >= 11 is 0. The predicted molar refractivity (Wildman–Crippen MR) is 86.0 cm³/mol.